The van der Waals surface area contributed by atoms with Gasteiger partial charge >= 0.3 is 5.97 Å². The second-order valence-electron chi connectivity index (χ2n) is 4.41. The highest BCUT2D eigenvalue weighted by atomic mass is 79.9. The van der Waals surface area contributed by atoms with Crippen molar-refractivity contribution in [2.45, 2.75) is 18.9 Å². The van der Waals surface area contributed by atoms with E-state index < -0.39 is 17.4 Å². The minimum Gasteiger partial charge on any atom is -0.481 e. The van der Waals surface area contributed by atoms with Gasteiger partial charge in [0.05, 0.1) is 24.1 Å². The Morgan fingerprint density at radius 3 is 2.74 bits per heavy atom. The number of nitrogens with one attached hydrogen (secondary N) is 1. The molecule has 0 fully saturated rings. The van der Waals surface area contributed by atoms with Crippen LogP contribution in [0.5, 0.6) is 0 Å². The molecule has 6 nitrogen and oxygen atoms in total. The van der Waals surface area contributed by atoms with Crippen LogP contribution in [0, 0.1) is 0 Å². The average molecular weight is 331 g/mol. The number of carboxylic acids is 1. The lowest BCUT2D eigenvalue weighted by Gasteiger charge is -2.28. The molecule has 1 aromatic heterocycles. The standard InChI is InChI=1S/C12H15BrN2O4/c1-12(7-19-2,4-10(16)17)15-11(18)8-3-9(13)6-14-5-8/h3,5-6H,4,7H2,1-2H3,(H,15,18)(H,16,17). The van der Waals surface area contributed by atoms with E-state index in [0.717, 1.165) is 0 Å². The molecular formula is C12H15BrN2O4. The number of carbonyl (C=O) groups is 2. The van der Waals surface area contributed by atoms with Gasteiger partial charge in [-0.05, 0) is 28.9 Å². The van der Waals surface area contributed by atoms with Gasteiger partial charge < -0.3 is 15.2 Å². The molecule has 1 unspecified atom stereocenters. The molecule has 19 heavy (non-hydrogen) atoms. The van der Waals surface area contributed by atoms with Crippen LogP contribution in [0.3, 0.4) is 0 Å². The number of hydrogen-bond acceptors (Lipinski definition) is 4. The van der Waals surface area contributed by atoms with Gasteiger partial charge in [0.1, 0.15) is 0 Å². The van der Waals surface area contributed by atoms with Gasteiger partial charge in [0.25, 0.3) is 5.91 Å². The van der Waals surface area contributed by atoms with Crippen LogP contribution in [0.15, 0.2) is 22.9 Å². The normalized spacial score (nSPS) is 13.6. The fourth-order valence-corrected chi connectivity index (χ4v) is 2.03. The molecule has 1 rings (SSSR count). The zero-order chi connectivity index (χ0) is 14.5. The first-order valence-electron chi connectivity index (χ1n) is 5.50. The van der Waals surface area contributed by atoms with Crippen molar-refractivity contribution in [3.05, 3.63) is 28.5 Å². The number of ether oxygens (including phenoxy) is 1. The van der Waals surface area contributed by atoms with Gasteiger partial charge in [-0.1, -0.05) is 0 Å². The Morgan fingerprint density at radius 2 is 2.21 bits per heavy atom. The number of carboxylic acid groups (broad SMARTS) is 1. The van der Waals surface area contributed by atoms with E-state index >= 15 is 0 Å². The van der Waals surface area contributed by atoms with Gasteiger partial charge in [0, 0.05) is 24.0 Å². The van der Waals surface area contributed by atoms with E-state index in [2.05, 4.69) is 26.2 Å². The van der Waals surface area contributed by atoms with Gasteiger partial charge in [-0.2, -0.15) is 0 Å². The van der Waals surface area contributed by atoms with Gasteiger partial charge in [-0.25, -0.2) is 0 Å². The van der Waals surface area contributed by atoms with Gasteiger partial charge in [-0.15, -0.1) is 0 Å². The number of halogens is 1. The zero-order valence-electron chi connectivity index (χ0n) is 10.6. The highest BCUT2D eigenvalue weighted by Gasteiger charge is 2.30. The van der Waals surface area contributed by atoms with Crippen LogP contribution in [0.2, 0.25) is 0 Å². The van der Waals surface area contributed by atoms with Crippen molar-refractivity contribution >= 4 is 27.8 Å². The molecule has 1 heterocycles. The zero-order valence-corrected chi connectivity index (χ0v) is 12.2. The molecule has 0 bridgehead atoms. The van der Waals surface area contributed by atoms with Crippen LogP contribution in [-0.2, 0) is 9.53 Å². The summed E-state index contributed by atoms with van der Waals surface area (Å²) in [5.41, 5.74) is -0.623. The molecule has 0 aliphatic heterocycles. The molecule has 7 heteroatoms. The lowest BCUT2D eigenvalue weighted by molar-refractivity contribution is -0.139. The Bertz CT molecular complexity index is 481. The van der Waals surface area contributed by atoms with E-state index in [-0.39, 0.29) is 13.0 Å². The predicted molar refractivity (Wildman–Crippen MR) is 71.9 cm³/mol. The van der Waals surface area contributed by atoms with Gasteiger partial charge in [0.2, 0.25) is 0 Å². The summed E-state index contributed by atoms with van der Waals surface area (Å²) in [6, 6.07) is 1.61. The molecule has 0 saturated carbocycles. The minimum atomic E-state index is -1.01. The van der Waals surface area contributed by atoms with E-state index in [1.165, 1.54) is 13.3 Å². The van der Waals surface area contributed by atoms with Gasteiger partial charge in [-0.3, -0.25) is 14.6 Å². The topological polar surface area (TPSA) is 88.5 Å². The summed E-state index contributed by atoms with van der Waals surface area (Å²) >= 11 is 3.22. The fourth-order valence-electron chi connectivity index (χ4n) is 1.67. The third-order valence-corrected chi connectivity index (χ3v) is 2.82. The second kappa shape index (κ2) is 6.63. The first-order chi connectivity index (χ1) is 8.86. The molecule has 0 spiro atoms. The SMILES string of the molecule is COCC(C)(CC(=O)O)NC(=O)c1cncc(Br)c1. The van der Waals surface area contributed by atoms with Crippen molar-refractivity contribution in [3.8, 4) is 0 Å². The summed E-state index contributed by atoms with van der Waals surface area (Å²) < 4.78 is 5.64. The second-order valence-corrected chi connectivity index (χ2v) is 5.33. The maximum Gasteiger partial charge on any atom is 0.305 e. The lowest BCUT2D eigenvalue weighted by Crippen LogP contribution is -2.50. The summed E-state index contributed by atoms with van der Waals surface area (Å²) in [4.78, 5) is 26.8. The number of carbonyl (C=O) groups excluding carboxylic acids is 1. The van der Waals surface area contributed by atoms with E-state index in [4.69, 9.17) is 9.84 Å². The summed E-state index contributed by atoms with van der Waals surface area (Å²) in [7, 11) is 1.45. The third kappa shape index (κ3) is 4.96. The molecule has 104 valence electrons. The van der Waals surface area contributed by atoms with Gasteiger partial charge in [0.15, 0.2) is 0 Å². The average Bonchev–Trinajstić information content (AvgIpc) is 2.27. The monoisotopic (exact) mass is 330 g/mol. The summed E-state index contributed by atoms with van der Waals surface area (Å²) in [5, 5.41) is 11.5. The molecule has 0 radical (unpaired) electrons. The molecule has 2 N–H and O–H groups in total. The highest BCUT2D eigenvalue weighted by Crippen LogP contribution is 2.14. The van der Waals surface area contributed by atoms with Crippen molar-refractivity contribution in [2.24, 2.45) is 0 Å². The third-order valence-electron chi connectivity index (χ3n) is 2.39. The lowest BCUT2D eigenvalue weighted by atomic mass is 9.98. The number of methoxy groups -OCH3 is 1. The molecule has 1 atom stereocenters. The predicted octanol–water partition coefficient (Wildman–Crippen LogP) is 1.45. The largest absolute Gasteiger partial charge is 0.481 e. The molecule has 0 aliphatic carbocycles. The molecule has 1 amide bonds. The van der Waals surface area contributed by atoms with E-state index in [0.29, 0.717) is 10.0 Å². The first-order valence-corrected chi connectivity index (χ1v) is 6.29. The number of rotatable bonds is 6. The number of hydrogen-bond donors (Lipinski definition) is 2. The Morgan fingerprint density at radius 1 is 1.53 bits per heavy atom. The number of aromatic nitrogens is 1. The maximum absolute atomic E-state index is 12.0. The van der Waals surface area contributed by atoms with Crippen molar-refractivity contribution < 1.29 is 19.4 Å². The van der Waals surface area contributed by atoms with Crippen LogP contribution < -0.4 is 5.32 Å². The van der Waals surface area contributed by atoms with E-state index in [9.17, 15) is 9.59 Å². The Hall–Kier alpha value is -1.47. The number of aliphatic carboxylic acids is 1. The quantitative estimate of drug-likeness (QED) is 0.824. The minimum absolute atomic E-state index is 0.104. The van der Waals surface area contributed by atoms with E-state index in [1.807, 2.05) is 0 Å². The van der Waals surface area contributed by atoms with Crippen LogP contribution in [0.1, 0.15) is 23.7 Å². The molecule has 1 aromatic rings. The van der Waals surface area contributed by atoms with Crippen LogP contribution in [0.4, 0.5) is 0 Å². The Balaban J connectivity index is 2.84. The Labute approximate surface area is 119 Å². The molecule has 0 aliphatic rings. The summed E-state index contributed by atoms with van der Waals surface area (Å²) in [6.07, 6.45) is 2.74. The number of pyridine rings is 1. The molecule has 0 aromatic carbocycles. The van der Waals surface area contributed by atoms with Crippen molar-refractivity contribution in [3.63, 3.8) is 0 Å². The first kappa shape index (κ1) is 15.6. The molecular weight excluding hydrogens is 316 g/mol. The van der Waals surface area contributed by atoms with Crippen molar-refractivity contribution in [1.82, 2.24) is 10.3 Å². The van der Waals surface area contributed by atoms with Crippen LogP contribution in [-0.4, -0.2) is 41.2 Å². The number of amides is 1. The fraction of sp³-hybridized carbons (Fsp3) is 0.417. The van der Waals surface area contributed by atoms with E-state index in [1.54, 1.807) is 19.2 Å². The highest BCUT2D eigenvalue weighted by molar-refractivity contribution is 9.10. The van der Waals surface area contributed by atoms with Crippen LogP contribution in [0.25, 0.3) is 0 Å². The Kier molecular flexibility index (Phi) is 5.44. The number of nitrogens with zero attached hydrogens (tertiary/aromatic N) is 1. The van der Waals surface area contributed by atoms with Crippen LogP contribution >= 0.6 is 15.9 Å². The van der Waals surface area contributed by atoms with Crippen molar-refractivity contribution in [1.29, 1.82) is 0 Å². The summed E-state index contributed by atoms with van der Waals surface area (Å²) in [5.74, 6) is -1.40. The maximum atomic E-state index is 12.0. The smallest absolute Gasteiger partial charge is 0.305 e. The molecule has 0 saturated heterocycles. The summed E-state index contributed by atoms with van der Waals surface area (Å²) in [6.45, 7) is 1.72. The van der Waals surface area contributed by atoms with Crippen molar-refractivity contribution in [2.75, 3.05) is 13.7 Å².